The number of amides is 1. The van der Waals surface area contributed by atoms with E-state index in [0.717, 1.165) is 22.5 Å². The summed E-state index contributed by atoms with van der Waals surface area (Å²) >= 11 is 0. The van der Waals surface area contributed by atoms with Gasteiger partial charge in [-0.05, 0) is 20.8 Å². The number of hydrogen-bond acceptors (Lipinski definition) is 3. The Morgan fingerprint density at radius 2 is 2.22 bits per heavy atom. The van der Waals surface area contributed by atoms with Gasteiger partial charge in [-0.3, -0.25) is 9.89 Å². The van der Waals surface area contributed by atoms with Crippen LogP contribution in [0.1, 0.15) is 23.9 Å². The predicted octanol–water partition coefficient (Wildman–Crippen LogP) is 1.28. The molecule has 0 bridgehead atoms. The van der Waals surface area contributed by atoms with Crippen molar-refractivity contribution in [2.45, 2.75) is 27.2 Å². The number of aromatic nitrogens is 2. The number of ether oxygens (including phenoxy) is 1. The zero-order chi connectivity index (χ0) is 13.5. The highest BCUT2D eigenvalue weighted by molar-refractivity contribution is 5.79. The molecule has 0 saturated heterocycles. The van der Waals surface area contributed by atoms with Crippen molar-refractivity contribution in [1.29, 1.82) is 0 Å². The van der Waals surface area contributed by atoms with E-state index in [1.54, 1.807) is 0 Å². The Bertz CT molecular complexity index is 404. The SMILES string of the molecule is C=C(C)COCCNC(=O)Cc1c(C)n[nH]c1C. The van der Waals surface area contributed by atoms with Crippen LogP contribution in [-0.2, 0) is 16.0 Å². The molecule has 5 nitrogen and oxygen atoms in total. The molecule has 0 aliphatic heterocycles. The molecule has 0 spiro atoms. The number of nitrogens with zero attached hydrogens (tertiary/aromatic N) is 1. The lowest BCUT2D eigenvalue weighted by molar-refractivity contribution is -0.120. The largest absolute Gasteiger partial charge is 0.375 e. The monoisotopic (exact) mass is 251 g/mol. The zero-order valence-corrected chi connectivity index (χ0v) is 11.3. The average molecular weight is 251 g/mol. The molecular weight excluding hydrogens is 230 g/mol. The smallest absolute Gasteiger partial charge is 0.224 e. The number of hydrogen-bond donors (Lipinski definition) is 2. The molecule has 0 aliphatic rings. The molecule has 2 N–H and O–H groups in total. The summed E-state index contributed by atoms with van der Waals surface area (Å²) < 4.78 is 5.30. The lowest BCUT2D eigenvalue weighted by Crippen LogP contribution is -2.29. The Hall–Kier alpha value is -1.62. The molecule has 0 unspecified atom stereocenters. The van der Waals surface area contributed by atoms with Crippen molar-refractivity contribution in [3.8, 4) is 0 Å². The fraction of sp³-hybridized carbons (Fsp3) is 0.538. The second-order valence-corrected chi connectivity index (χ2v) is 4.45. The molecule has 1 heterocycles. The van der Waals surface area contributed by atoms with E-state index in [0.29, 0.717) is 26.2 Å². The van der Waals surface area contributed by atoms with E-state index in [4.69, 9.17) is 4.74 Å². The molecule has 0 fully saturated rings. The van der Waals surface area contributed by atoms with Gasteiger partial charge >= 0.3 is 0 Å². The van der Waals surface area contributed by atoms with Crippen molar-refractivity contribution in [3.63, 3.8) is 0 Å². The molecule has 1 amide bonds. The van der Waals surface area contributed by atoms with Crippen LogP contribution in [0.2, 0.25) is 0 Å². The highest BCUT2D eigenvalue weighted by atomic mass is 16.5. The highest BCUT2D eigenvalue weighted by Crippen LogP contribution is 2.09. The second-order valence-electron chi connectivity index (χ2n) is 4.45. The Labute approximate surface area is 108 Å². The van der Waals surface area contributed by atoms with Crippen LogP contribution in [0.25, 0.3) is 0 Å². The molecule has 100 valence electrons. The van der Waals surface area contributed by atoms with Crippen molar-refractivity contribution in [3.05, 3.63) is 29.1 Å². The van der Waals surface area contributed by atoms with Gasteiger partial charge in [-0.25, -0.2) is 0 Å². The van der Waals surface area contributed by atoms with Crippen molar-refractivity contribution >= 4 is 5.91 Å². The maximum absolute atomic E-state index is 11.7. The van der Waals surface area contributed by atoms with Gasteiger partial charge in [0.15, 0.2) is 0 Å². The van der Waals surface area contributed by atoms with Crippen LogP contribution in [0.15, 0.2) is 12.2 Å². The minimum Gasteiger partial charge on any atom is -0.375 e. The van der Waals surface area contributed by atoms with Gasteiger partial charge in [-0.2, -0.15) is 5.10 Å². The fourth-order valence-corrected chi connectivity index (χ4v) is 1.57. The standard InChI is InChI=1S/C13H21N3O2/c1-9(2)8-18-6-5-14-13(17)7-12-10(3)15-16-11(12)4/h1,5-8H2,2-4H3,(H,14,17)(H,15,16). The number of carbonyl (C=O) groups is 1. The summed E-state index contributed by atoms with van der Waals surface area (Å²) in [5, 5.41) is 9.74. The highest BCUT2D eigenvalue weighted by Gasteiger charge is 2.10. The normalized spacial score (nSPS) is 10.4. The lowest BCUT2D eigenvalue weighted by Gasteiger charge is -2.06. The van der Waals surface area contributed by atoms with Crippen LogP contribution in [-0.4, -0.2) is 35.9 Å². The minimum absolute atomic E-state index is 0.0125. The molecule has 18 heavy (non-hydrogen) atoms. The van der Waals surface area contributed by atoms with Crippen LogP contribution in [0.3, 0.4) is 0 Å². The quantitative estimate of drug-likeness (QED) is 0.566. The molecule has 1 rings (SSSR count). The van der Waals surface area contributed by atoms with E-state index in [9.17, 15) is 4.79 Å². The number of H-pyrrole nitrogens is 1. The number of nitrogens with one attached hydrogen (secondary N) is 2. The third-order valence-corrected chi connectivity index (χ3v) is 2.54. The summed E-state index contributed by atoms with van der Waals surface area (Å²) in [6.45, 7) is 11.0. The molecular formula is C13H21N3O2. The summed E-state index contributed by atoms with van der Waals surface area (Å²) in [6.07, 6.45) is 0.356. The number of aryl methyl sites for hydroxylation is 2. The summed E-state index contributed by atoms with van der Waals surface area (Å²) in [6, 6.07) is 0. The fourth-order valence-electron chi connectivity index (χ4n) is 1.57. The molecule has 0 aromatic carbocycles. The average Bonchev–Trinajstić information content (AvgIpc) is 2.60. The first-order chi connectivity index (χ1) is 8.50. The predicted molar refractivity (Wildman–Crippen MR) is 70.4 cm³/mol. The van der Waals surface area contributed by atoms with Gasteiger partial charge in [0, 0.05) is 17.8 Å². The van der Waals surface area contributed by atoms with Crippen molar-refractivity contribution < 1.29 is 9.53 Å². The maximum Gasteiger partial charge on any atom is 0.224 e. The Morgan fingerprint density at radius 3 is 2.78 bits per heavy atom. The summed E-state index contributed by atoms with van der Waals surface area (Å²) in [5.74, 6) is -0.0125. The van der Waals surface area contributed by atoms with Gasteiger partial charge in [0.25, 0.3) is 0 Å². The molecule has 5 heteroatoms. The van der Waals surface area contributed by atoms with Gasteiger partial charge in [0.1, 0.15) is 0 Å². The summed E-state index contributed by atoms with van der Waals surface area (Å²) in [5.41, 5.74) is 3.77. The van der Waals surface area contributed by atoms with Crippen molar-refractivity contribution in [2.24, 2.45) is 0 Å². The first-order valence-electron chi connectivity index (χ1n) is 6.00. The van der Waals surface area contributed by atoms with Crippen molar-refractivity contribution in [2.75, 3.05) is 19.8 Å². The van der Waals surface area contributed by atoms with Gasteiger partial charge < -0.3 is 10.1 Å². The number of aromatic amines is 1. The van der Waals surface area contributed by atoms with Crippen LogP contribution in [0.5, 0.6) is 0 Å². The number of rotatable bonds is 7. The Kier molecular flexibility index (Phi) is 5.58. The van der Waals surface area contributed by atoms with E-state index in [1.807, 2.05) is 20.8 Å². The van der Waals surface area contributed by atoms with Crippen molar-refractivity contribution in [1.82, 2.24) is 15.5 Å². The topological polar surface area (TPSA) is 67.0 Å². The Balaban J connectivity index is 2.24. The molecule has 1 aromatic heterocycles. The van der Waals surface area contributed by atoms with E-state index < -0.39 is 0 Å². The third-order valence-electron chi connectivity index (χ3n) is 2.54. The van der Waals surface area contributed by atoms with E-state index >= 15 is 0 Å². The maximum atomic E-state index is 11.7. The van der Waals surface area contributed by atoms with E-state index in [2.05, 4.69) is 22.1 Å². The van der Waals surface area contributed by atoms with Gasteiger partial charge in [0.05, 0.1) is 25.3 Å². The lowest BCUT2D eigenvalue weighted by atomic mass is 10.1. The van der Waals surface area contributed by atoms with E-state index in [1.165, 1.54) is 0 Å². The van der Waals surface area contributed by atoms with Crippen LogP contribution in [0.4, 0.5) is 0 Å². The van der Waals surface area contributed by atoms with Gasteiger partial charge in [-0.1, -0.05) is 12.2 Å². The van der Waals surface area contributed by atoms with Crippen LogP contribution < -0.4 is 5.32 Å². The second kappa shape index (κ2) is 6.96. The molecule has 0 saturated carbocycles. The van der Waals surface area contributed by atoms with Gasteiger partial charge in [0.2, 0.25) is 5.91 Å². The molecule has 0 radical (unpaired) electrons. The number of carbonyl (C=O) groups excluding carboxylic acids is 1. The molecule has 0 aliphatic carbocycles. The third kappa shape index (κ3) is 4.71. The Morgan fingerprint density at radius 1 is 1.50 bits per heavy atom. The summed E-state index contributed by atoms with van der Waals surface area (Å²) in [4.78, 5) is 11.7. The molecule has 0 atom stereocenters. The molecule has 1 aromatic rings. The van der Waals surface area contributed by atoms with Crippen LogP contribution in [0, 0.1) is 13.8 Å². The zero-order valence-electron chi connectivity index (χ0n) is 11.3. The van der Waals surface area contributed by atoms with Crippen LogP contribution >= 0.6 is 0 Å². The summed E-state index contributed by atoms with van der Waals surface area (Å²) in [7, 11) is 0. The first-order valence-corrected chi connectivity index (χ1v) is 6.00. The van der Waals surface area contributed by atoms with E-state index in [-0.39, 0.29) is 5.91 Å². The first kappa shape index (κ1) is 14.4. The minimum atomic E-state index is -0.0125. The van der Waals surface area contributed by atoms with Gasteiger partial charge in [-0.15, -0.1) is 0 Å².